The molecule has 1 aromatic rings. The highest BCUT2D eigenvalue weighted by Gasteiger charge is 2.47. The number of methoxy groups -OCH3 is 1. The molecule has 0 saturated carbocycles. The molecule has 3 saturated heterocycles. The second kappa shape index (κ2) is 7.84. The van der Waals surface area contributed by atoms with Gasteiger partial charge in [0.05, 0.1) is 7.11 Å². The number of rotatable bonds is 3. The Bertz CT molecular complexity index is 853. The highest BCUT2D eigenvalue weighted by molar-refractivity contribution is 7.86. The molecule has 6 nitrogen and oxygen atoms in total. The van der Waals surface area contributed by atoms with Crippen LogP contribution < -0.4 is 4.74 Å². The van der Waals surface area contributed by atoms with E-state index in [1.54, 1.807) is 11.4 Å². The van der Waals surface area contributed by atoms with Gasteiger partial charge in [-0.15, -0.1) is 0 Å². The van der Waals surface area contributed by atoms with Crippen LogP contribution in [0.5, 0.6) is 5.75 Å². The molecule has 160 valence electrons. The van der Waals surface area contributed by atoms with E-state index in [1.165, 1.54) is 11.1 Å². The number of hydrogen-bond acceptors (Lipinski definition) is 4. The predicted molar refractivity (Wildman–Crippen MR) is 113 cm³/mol. The summed E-state index contributed by atoms with van der Waals surface area (Å²) in [6, 6.07) is 6.88. The van der Waals surface area contributed by atoms with Crippen LogP contribution in [0.2, 0.25) is 0 Å². The lowest BCUT2D eigenvalue weighted by Gasteiger charge is -2.52. The highest BCUT2D eigenvalue weighted by atomic mass is 32.2. The van der Waals surface area contributed by atoms with Gasteiger partial charge in [-0.3, -0.25) is 4.90 Å². The zero-order valence-corrected chi connectivity index (χ0v) is 18.2. The summed E-state index contributed by atoms with van der Waals surface area (Å²) < 4.78 is 36.1. The van der Waals surface area contributed by atoms with E-state index in [2.05, 4.69) is 23.1 Å². The molecule has 4 aliphatic rings. The van der Waals surface area contributed by atoms with Gasteiger partial charge < -0.3 is 4.74 Å². The standard InChI is InChI=1S/C22H33N3O3S/c1-28-19-7-8-20-17(14-19)9-13-23-16-18-6-5-12-25(21(18)15-22(20)23)29(26,27)24-10-3-2-4-11-24/h7-8,14,18,21-22H,2-6,9-13,15-16H2,1H3/t18-,21+,22+/m1/s1. The van der Waals surface area contributed by atoms with Gasteiger partial charge in [0.1, 0.15) is 5.75 Å². The Morgan fingerprint density at radius 2 is 1.86 bits per heavy atom. The molecule has 0 N–H and O–H groups in total. The van der Waals surface area contributed by atoms with E-state index in [-0.39, 0.29) is 6.04 Å². The van der Waals surface area contributed by atoms with Gasteiger partial charge >= 0.3 is 0 Å². The molecule has 0 spiro atoms. The topological polar surface area (TPSA) is 53.1 Å². The largest absolute Gasteiger partial charge is 0.497 e. The van der Waals surface area contributed by atoms with Crippen molar-refractivity contribution in [2.24, 2.45) is 5.92 Å². The Balaban J connectivity index is 1.43. The van der Waals surface area contributed by atoms with Gasteiger partial charge in [0.15, 0.2) is 0 Å². The molecular formula is C22H33N3O3S. The molecule has 1 aromatic carbocycles. The number of benzene rings is 1. The fourth-order valence-corrected chi connectivity index (χ4v) is 8.02. The molecule has 0 bridgehead atoms. The van der Waals surface area contributed by atoms with Crippen LogP contribution in [-0.2, 0) is 16.6 Å². The number of piperidine rings is 3. The summed E-state index contributed by atoms with van der Waals surface area (Å²) in [5, 5.41) is 0. The normalized spacial score (nSPS) is 31.6. The zero-order valence-electron chi connectivity index (χ0n) is 17.4. The van der Waals surface area contributed by atoms with Crippen molar-refractivity contribution in [2.45, 2.75) is 57.0 Å². The lowest BCUT2D eigenvalue weighted by atomic mass is 9.77. The molecule has 4 heterocycles. The van der Waals surface area contributed by atoms with Gasteiger partial charge in [-0.05, 0) is 67.7 Å². The van der Waals surface area contributed by atoms with Crippen molar-refractivity contribution >= 4 is 10.2 Å². The van der Waals surface area contributed by atoms with E-state index in [0.717, 1.165) is 63.8 Å². The second-order valence-corrected chi connectivity index (χ2v) is 11.0. The monoisotopic (exact) mass is 419 g/mol. The van der Waals surface area contributed by atoms with Crippen LogP contribution in [0, 0.1) is 5.92 Å². The number of hydrogen-bond donors (Lipinski definition) is 0. The summed E-state index contributed by atoms with van der Waals surface area (Å²) in [6.07, 6.45) is 7.23. The van der Waals surface area contributed by atoms with Crippen molar-refractivity contribution in [2.75, 3.05) is 39.8 Å². The molecule has 0 aromatic heterocycles. The highest BCUT2D eigenvalue weighted by Crippen LogP contribution is 2.44. The van der Waals surface area contributed by atoms with Crippen molar-refractivity contribution < 1.29 is 13.2 Å². The van der Waals surface area contributed by atoms with Gasteiger partial charge in [0.25, 0.3) is 10.2 Å². The van der Waals surface area contributed by atoms with Gasteiger partial charge in [0, 0.05) is 44.8 Å². The van der Waals surface area contributed by atoms with Crippen LogP contribution >= 0.6 is 0 Å². The predicted octanol–water partition coefficient (Wildman–Crippen LogP) is 2.81. The Morgan fingerprint density at radius 1 is 1.03 bits per heavy atom. The third-order valence-electron chi connectivity index (χ3n) is 7.56. The van der Waals surface area contributed by atoms with E-state index in [9.17, 15) is 8.42 Å². The molecule has 7 heteroatoms. The fraction of sp³-hybridized carbons (Fsp3) is 0.727. The maximum Gasteiger partial charge on any atom is 0.282 e. The number of ether oxygens (including phenoxy) is 1. The maximum absolute atomic E-state index is 13.5. The van der Waals surface area contributed by atoms with E-state index in [1.807, 2.05) is 4.31 Å². The number of nitrogens with zero attached hydrogens (tertiary/aromatic N) is 3. The summed E-state index contributed by atoms with van der Waals surface area (Å²) in [4.78, 5) is 2.60. The first-order valence-corrected chi connectivity index (χ1v) is 12.7. The minimum atomic E-state index is -3.35. The fourth-order valence-electron chi connectivity index (χ4n) is 6.05. The lowest BCUT2D eigenvalue weighted by molar-refractivity contribution is 0.0194. The molecule has 4 aliphatic heterocycles. The Hall–Kier alpha value is -1.15. The molecule has 0 radical (unpaired) electrons. The molecular weight excluding hydrogens is 386 g/mol. The first-order chi connectivity index (χ1) is 14.1. The Labute approximate surface area is 175 Å². The van der Waals surface area contributed by atoms with Crippen molar-refractivity contribution in [1.29, 1.82) is 0 Å². The molecule has 29 heavy (non-hydrogen) atoms. The summed E-state index contributed by atoms with van der Waals surface area (Å²) >= 11 is 0. The van der Waals surface area contributed by atoms with Crippen LogP contribution in [0.1, 0.15) is 55.7 Å². The van der Waals surface area contributed by atoms with Gasteiger partial charge in [0.2, 0.25) is 0 Å². The van der Waals surface area contributed by atoms with Gasteiger partial charge in [-0.25, -0.2) is 0 Å². The van der Waals surface area contributed by atoms with E-state index >= 15 is 0 Å². The third kappa shape index (κ3) is 3.50. The van der Waals surface area contributed by atoms with Crippen LogP contribution in [0.3, 0.4) is 0 Å². The lowest BCUT2D eigenvalue weighted by Crippen LogP contribution is -2.60. The SMILES string of the molecule is COc1ccc2c(c1)CCN1C[C@H]3CCCN(S(=O)(=O)N4CCCCC4)[C@H]3C[C@@H]21. The zero-order chi connectivity index (χ0) is 20.0. The maximum atomic E-state index is 13.5. The van der Waals surface area contributed by atoms with Crippen LogP contribution in [0.25, 0.3) is 0 Å². The van der Waals surface area contributed by atoms with Crippen molar-refractivity contribution in [1.82, 2.24) is 13.5 Å². The second-order valence-electron chi connectivity index (χ2n) is 9.11. The average molecular weight is 420 g/mol. The summed E-state index contributed by atoms with van der Waals surface area (Å²) in [7, 11) is -1.64. The summed E-state index contributed by atoms with van der Waals surface area (Å²) in [5.74, 6) is 1.37. The average Bonchev–Trinajstić information content (AvgIpc) is 2.77. The van der Waals surface area contributed by atoms with Crippen molar-refractivity contribution in [3.8, 4) is 5.75 Å². The molecule has 3 fully saturated rings. The van der Waals surface area contributed by atoms with E-state index in [4.69, 9.17) is 4.74 Å². The van der Waals surface area contributed by atoms with Gasteiger partial charge in [-0.1, -0.05) is 12.5 Å². The molecule has 5 rings (SSSR count). The smallest absolute Gasteiger partial charge is 0.282 e. The number of fused-ring (bicyclic) bond motifs is 4. The molecule has 3 atom stereocenters. The first kappa shape index (κ1) is 19.8. The third-order valence-corrected chi connectivity index (χ3v) is 9.62. The Morgan fingerprint density at radius 3 is 2.66 bits per heavy atom. The van der Waals surface area contributed by atoms with Crippen LogP contribution in [-0.4, -0.2) is 67.8 Å². The molecule has 0 aliphatic carbocycles. The Kier molecular flexibility index (Phi) is 5.35. The summed E-state index contributed by atoms with van der Waals surface area (Å²) in [6.45, 7) is 4.14. The molecule has 0 amide bonds. The van der Waals surface area contributed by atoms with Gasteiger partial charge in [-0.2, -0.15) is 17.0 Å². The van der Waals surface area contributed by atoms with Crippen molar-refractivity contribution in [3.63, 3.8) is 0 Å². The minimum Gasteiger partial charge on any atom is -0.497 e. The van der Waals surface area contributed by atoms with E-state index in [0.29, 0.717) is 31.6 Å². The van der Waals surface area contributed by atoms with Crippen molar-refractivity contribution in [3.05, 3.63) is 29.3 Å². The van der Waals surface area contributed by atoms with Crippen LogP contribution in [0.15, 0.2) is 18.2 Å². The molecule has 0 unspecified atom stereocenters. The van der Waals surface area contributed by atoms with Crippen LogP contribution in [0.4, 0.5) is 0 Å². The summed E-state index contributed by atoms with van der Waals surface area (Å²) in [5.41, 5.74) is 2.74. The first-order valence-electron chi connectivity index (χ1n) is 11.3. The van der Waals surface area contributed by atoms with E-state index < -0.39 is 10.2 Å². The quantitative estimate of drug-likeness (QED) is 0.756. The minimum absolute atomic E-state index is 0.130.